The van der Waals surface area contributed by atoms with Gasteiger partial charge in [0.25, 0.3) is 0 Å². The van der Waals surface area contributed by atoms with Gasteiger partial charge >= 0.3 is 0 Å². The minimum Gasteiger partial charge on any atom is -0.397 e. The molecule has 1 amide bonds. The number of nitrogens with two attached hydrogens (primary N) is 1. The van der Waals surface area contributed by atoms with E-state index in [1.807, 2.05) is 18.2 Å². The van der Waals surface area contributed by atoms with Gasteiger partial charge in [0.05, 0.1) is 11.4 Å². The molecular formula is C14H21N3O. The fourth-order valence-corrected chi connectivity index (χ4v) is 2.31. The van der Waals surface area contributed by atoms with Gasteiger partial charge in [-0.2, -0.15) is 0 Å². The number of hydrogen-bond acceptors (Lipinski definition) is 3. The van der Waals surface area contributed by atoms with Crippen molar-refractivity contribution in [2.45, 2.75) is 19.8 Å². The zero-order valence-corrected chi connectivity index (χ0v) is 10.9. The second kappa shape index (κ2) is 5.87. The molecule has 4 heteroatoms. The molecule has 0 aliphatic carbocycles. The van der Waals surface area contributed by atoms with Crippen LogP contribution in [0.3, 0.4) is 0 Å². The predicted molar refractivity (Wildman–Crippen MR) is 74.3 cm³/mol. The average molecular weight is 247 g/mol. The molecule has 0 aromatic heterocycles. The molecule has 0 radical (unpaired) electrons. The van der Waals surface area contributed by atoms with Crippen molar-refractivity contribution >= 4 is 17.3 Å². The molecule has 1 heterocycles. The van der Waals surface area contributed by atoms with Gasteiger partial charge in [0.15, 0.2) is 0 Å². The van der Waals surface area contributed by atoms with E-state index in [1.54, 1.807) is 6.07 Å². The van der Waals surface area contributed by atoms with Crippen molar-refractivity contribution in [1.82, 2.24) is 4.90 Å². The highest BCUT2D eigenvalue weighted by atomic mass is 16.1. The summed E-state index contributed by atoms with van der Waals surface area (Å²) in [5.74, 6) is 0.797. The minimum absolute atomic E-state index is 0.0347. The first kappa shape index (κ1) is 12.9. The van der Waals surface area contributed by atoms with Crippen LogP contribution in [-0.4, -0.2) is 30.4 Å². The minimum atomic E-state index is 0.0347. The lowest BCUT2D eigenvalue weighted by molar-refractivity contribution is -0.116. The number of nitrogens with one attached hydrogen (secondary N) is 1. The SMILES string of the molecule is CC1CCN(CCC(=O)Nc2ccccc2N)C1. The van der Waals surface area contributed by atoms with Gasteiger partial charge in [-0.05, 0) is 31.0 Å². The molecule has 1 fully saturated rings. The fourth-order valence-electron chi connectivity index (χ4n) is 2.31. The number of likely N-dealkylation sites (tertiary alicyclic amines) is 1. The Hall–Kier alpha value is -1.55. The van der Waals surface area contributed by atoms with Crippen molar-refractivity contribution in [3.63, 3.8) is 0 Å². The number of rotatable bonds is 4. The Bertz CT molecular complexity index is 419. The van der Waals surface area contributed by atoms with Gasteiger partial charge in [0, 0.05) is 19.5 Å². The maximum Gasteiger partial charge on any atom is 0.225 e. The topological polar surface area (TPSA) is 58.4 Å². The van der Waals surface area contributed by atoms with E-state index in [0.717, 1.165) is 25.6 Å². The van der Waals surface area contributed by atoms with Crippen molar-refractivity contribution in [3.8, 4) is 0 Å². The fraction of sp³-hybridized carbons (Fsp3) is 0.500. The predicted octanol–water partition coefficient (Wildman–Crippen LogP) is 1.94. The summed E-state index contributed by atoms with van der Waals surface area (Å²) in [4.78, 5) is 14.2. The monoisotopic (exact) mass is 247 g/mol. The molecule has 1 aromatic rings. The molecule has 1 aliphatic heterocycles. The maximum absolute atomic E-state index is 11.8. The number of carbonyl (C=O) groups excluding carboxylic acids is 1. The first-order valence-corrected chi connectivity index (χ1v) is 6.52. The van der Waals surface area contributed by atoms with Crippen LogP contribution in [0.15, 0.2) is 24.3 Å². The van der Waals surface area contributed by atoms with E-state index < -0.39 is 0 Å². The van der Waals surface area contributed by atoms with Gasteiger partial charge in [-0.1, -0.05) is 19.1 Å². The summed E-state index contributed by atoms with van der Waals surface area (Å²) in [6, 6.07) is 7.34. The molecule has 1 atom stereocenters. The Kier molecular flexibility index (Phi) is 4.20. The van der Waals surface area contributed by atoms with Crippen LogP contribution in [0.4, 0.5) is 11.4 Å². The highest BCUT2D eigenvalue weighted by Gasteiger charge is 2.18. The van der Waals surface area contributed by atoms with Crippen molar-refractivity contribution in [1.29, 1.82) is 0 Å². The van der Waals surface area contributed by atoms with Crippen LogP contribution in [0, 0.1) is 5.92 Å². The van der Waals surface area contributed by atoms with Crippen LogP contribution >= 0.6 is 0 Å². The third-order valence-corrected chi connectivity index (χ3v) is 3.40. The van der Waals surface area contributed by atoms with Crippen LogP contribution in [0.2, 0.25) is 0 Å². The summed E-state index contributed by atoms with van der Waals surface area (Å²) in [6.07, 6.45) is 1.77. The standard InChI is InChI=1S/C14H21N3O/c1-11-6-8-17(10-11)9-7-14(18)16-13-5-3-2-4-12(13)15/h2-5,11H,6-10,15H2,1H3,(H,16,18). The van der Waals surface area contributed by atoms with E-state index in [-0.39, 0.29) is 5.91 Å². The zero-order chi connectivity index (χ0) is 13.0. The lowest BCUT2D eigenvalue weighted by atomic mass is 10.2. The van der Waals surface area contributed by atoms with Gasteiger partial charge in [-0.25, -0.2) is 0 Å². The van der Waals surface area contributed by atoms with Crippen LogP contribution in [0.1, 0.15) is 19.8 Å². The molecule has 2 rings (SSSR count). The van der Waals surface area contributed by atoms with Crippen molar-refractivity contribution < 1.29 is 4.79 Å². The lowest BCUT2D eigenvalue weighted by Crippen LogP contribution is -2.25. The number of carbonyl (C=O) groups is 1. The second-order valence-electron chi connectivity index (χ2n) is 5.08. The smallest absolute Gasteiger partial charge is 0.225 e. The highest BCUT2D eigenvalue weighted by Crippen LogP contribution is 2.18. The number of hydrogen-bond donors (Lipinski definition) is 2. The van der Waals surface area contributed by atoms with Gasteiger partial charge in [-0.15, -0.1) is 0 Å². The van der Waals surface area contributed by atoms with E-state index in [1.165, 1.54) is 6.42 Å². The Balaban J connectivity index is 1.77. The van der Waals surface area contributed by atoms with Gasteiger partial charge in [0.1, 0.15) is 0 Å². The normalized spacial score (nSPS) is 19.9. The summed E-state index contributed by atoms with van der Waals surface area (Å²) in [6.45, 7) is 5.32. The number of nitrogen functional groups attached to an aromatic ring is 1. The Morgan fingerprint density at radius 1 is 1.50 bits per heavy atom. The molecule has 0 bridgehead atoms. The van der Waals surface area contributed by atoms with E-state index in [0.29, 0.717) is 17.8 Å². The number of amides is 1. The summed E-state index contributed by atoms with van der Waals surface area (Å²) < 4.78 is 0. The lowest BCUT2D eigenvalue weighted by Gasteiger charge is -2.15. The van der Waals surface area contributed by atoms with E-state index in [9.17, 15) is 4.79 Å². The number of benzene rings is 1. The van der Waals surface area contributed by atoms with Crippen LogP contribution in [-0.2, 0) is 4.79 Å². The van der Waals surface area contributed by atoms with Gasteiger partial charge in [0.2, 0.25) is 5.91 Å². The first-order chi connectivity index (χ1) is 8.65. The molecule has 3 N–H and O–H groups in total. The second-order valence-corrected chi connectivity index (χ2v) is 5.08. The first-order valence-electron chi connectivity index (χ1n) is 6.52. The molecule has 1 saturated heterocycles. The summed E-state index contributed by atoms with van der Waals surface area (Å²) >= 11 is 0. The molecular weight excluding hydrogens is 226 g/mol. The van der Waals surface area contributed by atoms with Crippen LogP contribution in [0.25, 0.3) is 0 Å². The molecule has 0 saturated carbocycles. The Labute approximate surface area is 108 Å². The van der Waals surface area contributed by atoms with Crippen molar-refractivity contribution in [2.24, 2.45) is 5.92 Å². The van der Waals surface area contributed by atoms with Crippen molar-refractivity contribution in [3.05, 3.63) is 24.3 Å². The molecule has 1 aliphatic rings. The molecule has 0 spiro atoms. The summed E-state index contributed by atoms with van der Waals surface area (Å²) in [5, 5.41) is 2.85. The van der Waals surface area contributed by atoms with E-state index in [2.05, 4.69) is 17.1 Å². The van der Waals surface area contributed by atoms with Crippen molar-refractivity contribution in [2.75, 3.05) is 30.7 Å². The van der Waals surface area contributed by atoms with Crippen LogP contribution in [0.5, 0.6) is 0 Å². The third-order valence-electron chi connectivity index (χ3n) is 3.40. The Morgan fingerprint density at radius 2 is 2.28 bits per heavy atom. The van der Waals surface area contributed by atoms with E-state index in [4.69, 9.17) is 5.73 Å². The molecule has 1 aromatic carbocycles. The quantitative estimate of drug-likeness (QED) is 0.799. The molecule has 4 nitrogen and oxygen atoms in total. The molecule has 98 valence electrons. The molecule has 1 unspecified atom stereocenters. The van der Waals surface area contributed by atoms with Crippen LogP contribution < -0.4 is 11.1 Å². The highest BCUT2D eigenvalue weighted by molar-refractivity contribution is 5.93. The summed E-state index contributed by atoms with van der Waals surface area (Å²) in [5.41, 5.74) is 7.10. The number of para-hydroxylation sites is 2. The maximum atomic E-state index is 11.8. The number of nitrogens with zero attached hydrogens (tertiary/aromatic N) is 1. The van der Waals surface area contributed by atoms with Gasteiger partial charge in [-0.3, -0.25) is 4.79 Å². The largest absolute Gasteiger partial charge is 0.397 e. The average Bonchev–Trinajstić information content (AvgIpc) is 2.76. The third kappa shape index (κ3) is 3.47. The van der Waals surface area contributed by atoms with Gasteiger partial charge < -0.3 is 16.0 Å². The number of anilines is 2. The zero-order valence-electron chi connectivity index (χ0n) is 10.9. The van der Waals surface area contributed by atoms with E-state index >= 15 is 0 Å². The molecule has 18 heavy (non-hydrogen) atoms. The Morgan fingerprint density at radius 3 is 2.94 bits per heavy atom. The summed E-state index contributed by atoms with van der Waals surface area (Å²) in [7, 11) is 0.